The van der Waals surface area contributed by atoms with E-state index in [1.807, 2.05) is 0 Å². The van der Waals surface area contributed by atoms with Crippen molar-refractivity contribution >= 4 is 6.29 Å². The fraction of sp³-hybridized carbons (Fsp3) is 0.938. The number of aldehydes is 1. The summed E-state index contributed by atoms with van der Waals surface area (Å²) in [5, 5.41) is 0. The number of hydrogen-bond donors (Lipinski definition) is 0. The van der Waals surface area contributed by atoms with E-state index in [1.54, 1.807) is 0 Å². The third-order valence-electron chi connectivity index (χ3n) is 2.71. The molecule has 0 saturated carbocycles. The van der Waals surface area contributed by atoms with Gasteiger partial charge in [-0.25, -0.2) is 0 Å². The molecule has 22 heavy (non-hydrogen) atoms. The Hall–Kier alpha value is -0.530. The summed E-state index contributed by atoms with van der Waals surface area (Å²) in [7, 11) is 0. The Kier molecular flexibility index (Phi) is 18.1. The molecule has 0 unspecified atom stereocenters. The summed E-state index contributed by atoms with van der Waals surface area (Å²) in [4.78, 5) is 10.0. The van der Waals surface area contributed by atoms with E-state index in [9.17, 15) is 4.79 Å². The van der Waals surface area contributed by atoms with Gasteiger partial charge in [0.05, 0.1) is 59.5 Å². The van der Waals surface area contributed by atoms with Crippen molar-refractivity contribution < 1.29 is 28.5 Å². The molecular weight excluding hydrogens is 288 g/mol. The van der Waals surface area contributed by atoms with Crippen molar-refractivity contribution in [3.63, 3.8) is 0 Å². The molecule has 132 valence electrons. The fourth-order valence-electron chi connectivity index (χ4n) is 1.43. The van der Waals surface area contributed by atoms with Gasteiger partial charge in [-0.3, -0.25) is 0 Å². The lowest BCUT2D eigenvalue weighted by Gasteiger charge is -2.08. The maximum atomic E-state index is 10.0. The van der Waals surface area contributed by atoms with Gasteiger partial charge >= 0.3 is 0 Å². The van der Waals surface area contributed by atoms with Crippen molar-refractivity contribution in [1.82, 2.24) is 0 Å². The third-order valence-corrected chi connectivity index (χ3v) is 2.71. The van der Waals surface area contributed by atoms with Crippen molar-refractivity contribution in [2.45, 2.75) is 26.7 Å². The molecule has 0 saturated heterocycles. The summed E-state index contributed by atoms with van der Waals surface area (Å²) in [5.41, 5.74) is 0. The molecule has 0 radical (unpaired) electrons. The standard InChI is InChI=1S/C16H32O6/c1-16(2)4-7-19-9-11-21-13-15-22-14-12-20-10-8-18-6-3-5-17/h5,16H,3-4,6-15H2,1-2H3. The summed E-state index contributed by atoms with van der Waals surface area (Å²) < 4.78 is 26.6. The molecule has 0 rings (SSSR count). The smallest absolute Gasteiger partial charge is 0.122 e. The second-order valence-corrected chi connectivity index (χ2v) is 5.20. The highest BCUT2D eigenvalue weighted by molar-refractivity contribution is 5.49. The predicted octanol–water partition coefficient (Wildman–Crippen LogP) is 1.70. The lowest BCUT2D eigenvalue weighted by molar-refractivity contribution is -0.108. The SMILES string of the molecule is CC(C)CCOCCOCCOCCOCCOCCC=O. The van der Waals surface area contributed by atoms with Gasteiger partial charge in [0.2, 0.25) is 0 Å². The first-order valence-electron chi connectivity index (χ1n) is 8.09. The Morgan fingerprint density at radius 3 is 1.36 bits per heavy atom. The maximum absolute atomic E-state index is 10.0. The second kappa shape index (κ2) is 18.5. The van der Waals surface area contributed by atoms with Crippen LogP contribution >= 0.6 is 0 Å². The Morgan fingerprint density at radius 2 is 1.00 bits per heavy atom. The molecule has 0 atom stereocenters. The predicted molar refractivity (Wildman–Crippen MR) is 84.2 cm³/mol. The van der Waals surface area contributed by atoms with E-state index in [2.05, 4.69) is 13.8 Å². The summed E-state index contributed by atoms with van der Waals surface area (Å²) in [6.07, 6.45) is 2.37. The number of ether oxygens (including phenoxy) is 5. The van der Waals surface area contributed by atoms with E-state index in [4.69, 9.17) is 23.7 Å². The minimum Gasteiger partial charge on any atom is -0.379 e. The van der Waals surface area contributed by atoms with Crippen LogP contribution in [0.25, 0.3) is 0 Å². The van der Waals surface area contributed by atoms with Gasteiger partial charge in [0, 0.05) is 13.0 Å². The summed E-state index contributed by atoms with van der Waals surface area (Å²) in [5.74, 6) is 0.680. The molecule has 0 heterocycles. The van der Waals surface area contributed by atoms with E-state index in [1.165, 1.54) is 0 Å². The normalized spacial score (nSPS) is 11.2. The van der Waals surface area contributed by atoms with Crippen LogP contribution in [0.1, 0.15) is 26.7 Å². The second-order valence-electron chi connectivity index (χ2n) is 5.20. The van der Waals surface area contributed by atoms with Gasteiger partial charge in [-0.2, -0.15) is 0 Å². The quantitative estimate of drug-likeness (QED) is 0.283. The van der Waals surface area contributed by atoms with Crippen LogP contribution in [0.5, 0.6) is 0 Å². The maximum Gasteiger partial charge on any atom is 0.122 e. The molecule has 0 spiro atoms. The van der Waals surface area contributed by atoms with Crippen LogP contribution in [-0.4, -0.2) is 72.4 Å². The van der Waals surface area contributed by atoms with Crippen molar-refractivity contribution in [3.8, 4) is 0 Å². The van der Waals surface area contributed by atoms with E-state index in [0.29, 0.717) is 71.8 Å². The average molecular weight is 320 g/mol. The van der Waals surface area contributed by atoms with Gasteiger partial charge in [-0.05, 0) is 12.3 Å². The molecule has 0 aromatic carbocycles. The Labute approximate surface area is 134 Å². The van der Waals surface area contributed by atoms with Crippen LogP contribution in [0.3, 0.4) is 0 Å². The Bertz CT molecular complexity index is 223. The van der Waals surface area contributed by atoms with E-state index in [0.717, 1.165) is 19.3 Å². The van der Waals surface area contributed by atoms with Gasteiger partial charge in [0.1, 0.15) is 6.29 Å². The Morgan fingerprint density at radius 1 is 0.636 bits per heavy atom. The third kappa shape index (κ3) is 19.5. The zero-order valence-electron chi connectivity index (χ0n) is 14.1. The number of carbonyl (C=O) groups excluding carboxylic acids is 1. The zero-order chi connectivity index (χ0) is 16.3. The summed E-state index contributed by atoms with van der Waals surface area (Å²) >= 11 is 0. The molecule has 0 amide bonds. The Balaban J connectivity index is 2.95. The molecule has 0 aliphatic heterocycles. The highest BCUT2D eigenvalue weighted by Crippen LogP contribution is 1.98. The lowest BCUT2D eigenvalue weighted by Crippen LogP contribution is -2.13. The highest BCUT2D eigenvalue weighted by atomic mass is 16.6. The summed E-state index contributed by atoms with van der Waals surface area (Å²) in [6, 6.07) is 0. The van der Waals surface area contributed by atoms with Gasteiger partial charge < -0.3 is 28.5 Å². The molecule has 0 fully saturated rings. The molecule has 0 aliphatic carbocycles. The van der Waals surface area contributed by atoms with Crippen molar-refractivity contribution in [2.75, 3.05) is 66.1 Å². The van der Waals surface area contributed by atoms with Gasteiger partial charge in [-0.1, -0.05) is 13.8 Å². The first kappa shape index (κ1) is 21.5. The van der Waals surface area contributed by atoms with Crippen LogP contribution < -0.4 is 0 Å². The molecule has 0 aliphatic rings. The number of rotatable bonds is 18. The van der Waals surface area contributed by atoms with Crippen LogP contribution in [0.4, 0.5) is 0 Å². The first-order valence-corrected chi connectivity index (χ1v) is 8.09. The van der Waals surface area contributed by atoms with E-state index in [-0.39, 0.29) is 0 Å². The zero-order valence-corrected chi connectivity index (χ0v) is 14.1. The van der Waals surface area contributed by atoms with Crippen molar-refractivity contribution in [2.24, 2.45) is 5.92 Å². The van der Waals surface area contributed by atoms with Crippen LogP contribution in [0.15, 0.2) is 0 Å². The average Bonchev–Trinajstić information content (AvgIpc) is 2.50. The highest BCUT2D eigenvalue weighted by Gasteiger charge is 1.95. The minimum absolute atomic E-state index is 0.436. The molecule has 6 heteroatoms. The van der Waals surface area contributed by atoms with Gasteiger partial charge in [0.15, 0.2) is 0 Å². The van der Waals surface area contributed by atoms with Crippen molar-refractivity contribution in [3.05, 3.63) is 0 Å². The molecule has 0 aromatic heterocycles. The van der Waals surface area contributed by atoms with Crippen molar-refractivity contribution in [1.29, 1.82) is 0 Å². The van der Waals surface area contributed by atoms with Crippen LogP contribution in [-0.2, 0) is 28.5 Å². The molecular formula is C16H32O6. The summed E-state index contributed by atoms with van der Waals surface area (Å²) in [6.45, 7) is 10.1. The molecule has 0 bridgehead atoms. The minimum atomic E-state index is 0.436. The van der Waals surface area contributed by atoms with E-state index >= 15 is 0 Å². The topological polar surface area (TPSA) is 63.2 Å². The lowest BCUT2D eigenvalue weighted by atomic mass is 10.1. The first-order chi connectivity index (χ1) is 10.8. The largest absolute Gasteiger partial charge is 0.379 e. The number of carbonyl (C=O) groups is 1. The molecule has 0 aromatic rings. The van der Waals surface area contributed by atoms with Gasteiger partial charge in [-0.15, -0.1) is 0 Å². The number of hydrogen-bond acceptors (Lipinski definition) is 6. The van der Waals surface area contributed by atoms with Crippen LogP contribution in [0, 0.1) is 5.92 Å². The van der Waals surface area contributed by atoms with Gasteiger partial charge in [0.25, 0.3) is 0 Å². The monoisotopic (exact) mass is 320 g/mol. The molecule has 6 nitrogen and oxygen atoms in total. The molecule has 0 N–H and O–H groups in total. The van der Waals surface area contributed by atoms with E-state index < -0.39 is 0 Å². The fourth-order valence-corrected chi connectivity index (χ4v) is 1.43. The van der Waals surface area contributed by atoms with Crippen LogP contribution in [0.2, 0.25) is 0 Å².